The number of carbonyl (C=O) groups excluding carboxylic acids is 1. The Hall–Kier alpha value is -1.59. The van der Waals surface area contributed by atoms with Crippen LogP contribution in [-0.2, 0) is 14.3 Å². The fraction of sp³-hybridized carbons (Fsp3) is 0.562. The van der Waals surface area contributed by atoms with Gasteiger partial charge in [0.05, 0.1) is 6.61 Å². The Morgan fingerprint density at radius 2 is 1.81 bits per heavy atom. The summed E-state index contributed by atoms with van der Waals surface area (Å²) in [4.78, 5) is 12.2. The molecule has 0 unspecified atom stereocenters. The quantitative estimate of drug-likeness (QED) is 0.712. The van der Waals surface area contributed by atoms with Crippen LogP contribution < -0.4 is 10.1 Å². The molecule has 0 aliphatic rings. The van der Waals surface area contributed by atoms with Gasteiger partial charge in [-0.1, -0.05) is 6.92 Å². The van der Waals surface area contributed by atoms with Crippen LogP contribution in [0.25, 0.3) is 0 Å². The van der Waals surface area contributed by atoms with Crippen LogP contribution in [-0.4, -0.2) is 38.4 Å². The Labute approximate surface area is 126 Å². The van der Waals surface area contributed by atoms with Gasteiger partial charge in [-0.25, -0.2) is 0 Å². The molecular formula is C16H25NO4. The molecular weight excluding hydrogens is 270 g/mol. The number of nitrogens with one attached hydrogen (secondary N) is 1. The zero-order valence-corrected chi connectivity index (χ0v) is 13.3. The Bertz CT molecular complexity index is 428. The van der Waals surface area contributed by atoms with Gasteiger partial charge in [-0.2, -0.15) is 0 Å². The Kier molecular flexibility index (Phi) is 7.19. The predicted molar refractivity (Wildman–Crippen MR) is 82.8 cm³/mol. The maximum absolute atomic E-state index is 12.2. The van der Waals surface area contributed by atoms with E-state index in [1.807, 2.05) is 19.1 Å². The van der Waals surface area contributed by atoms with Crippen LogP contribution in [0.5, 0.6) is 5.75 Å². The highest BCUT2D eigenvalue weighted by atomic mass is 16.5. The molecule has 1 aromatic carbocycles. The van der Waals surface area contributed by atoms with Crippen molar-refractivity contribution in [1.82, 2.24) is 0 Å². The summed E-state index contributed by atoms with van der Waals surface area (Å²) in [7, 11) is 1.63. The van der Waals surface area contributed by atoms with E-state index in [9.17, 15) is 4.79 Å². The topological polar surface area (TPSA) is 56.8 Å². The van der Waals surface area contributed by atoms with Crippen molar-refractivity contribution < 1.29 is 19.0 Å². The summed E-state index contributed by atoms with van der Waals surface area (Å²) in [6.45, 7) is 7.14. The Morgan fingerprint density at radius 1 is 1.14 bits per heavy atom. The van der Waals surface area contributed by atoms with Crippen molar-refractivity contribution in [3.05, 3.63) is 24.3 Å². The molecule has 118 valence electrons. The van der Waals surface area contributed by atoms with Crippen LogP contribution in [0.3, 0.4) is 0 Å². The van der Waals surface area contributed by atoms with Gasteiger partial charge in [-0.3, -0.25) is 4.79 Å². The van der Waals surface area contributed by atoms with Crippen LogP contribution in [0.2, 0.25) is 0 Å². The van der Waals surface area contributed by atoms with Crippen molar-refractivity contribution in [1.29, 1.82) is 0 Å². The molecule has 0 atom stereocenters. The van der Waals surface area contributed by atoms with E-state index in [0.29, 0.717) is 25.5 Å². The van der Waals surface area contributed by atoms with E-state index in [4.69, 9.17) is 14.2 Å². The third-order valence-corrected chi connectivity index (χ3v) is 2.88. The molecule has 5 heteroatoms. The van der Waals surface area contributed by atoms with E-state index in [-0.39, 0.29) is 5.91 Å². The standard InChI is InChI=1S/C16H25NO4/c1-5-10-21-16(2,3)15(18)17-13-6-8-14(9-7-13)20-12-11-19-4/h6-9H,5,10-12H2,1-4H3,(H,17,18). The van der Waals surface area contributed by atoms with Crippen molar-refractivity contribution in [2.75, 3.05) is 32.2 Å². The first-order valence-electron chi connectivity index (χ1n) is 7.17. The van der Waals surface area contributed by atoms with E-state index >= 15 is 0 Å². The number of methoxy groups -OCH3 is 1. The molecule has 0 aliphatic carbocycles. The average Bonchev–Trinajstić information content (AvgIpc) is 2.47. The zero-order chi connectivity index (χ0) is 15.7. The Balaban J connectivity index is 2.52. The van der Waals surface area contributed by atoms with E-state index < -0.39 is 5.60 Å². The summed E-state index contributed by atoms with van der Waals surface area (Å²) < 4.78 is 15.9. The molecule has 1 rings (SSSR count). The first kappa shape index (κ1) is 17.5. The second-order valence-corrected chi connectivity index (χ2v) is 5.18. The number of carbonyl (C=O) groups is 1. The number of benzene rings is 1. The van der Waals surface area contributed by atoms with E-state index in [1.54, 1.807) is 33.1 Å². The zero-order valence-electron chi connectivity index (χ0n) is 13.3. The smallest absolute Gasteiger partial charge is 0.256 e. The minimum atomic E-state index is -0.844. The summed E-state index contributed by atoms with van der Waals surface area (Å²) in [5.41, 5.74) is -0.129. The minimum absolute atomic E-state index is 0.163. The first-order valence-corrected chi connectivity index (χ1v) is 7.17. The highest BCUT2D eigenvalue weighted by Gasteiger charge is 2.28. The number of hydrogen-bond donors (Lipinski definition) is 1. The van der Waals surface area contributed by atoms with Gasteiger partial charge in [0.25, 0.3) is 5.91 Å². The van der Waals surface area contributed by atoms with E-state index in [2.05, 4.69) is 5.32 Å². The molecule has 0 spiro atoms. The van der Waals surface area contributed by atoms with Crippen molar-refractivity contribution in [3.63, 3.8) is 0 Å². The molecule has 1 N–H and O–H groups in total. The van der Waals surface area contributed by atoms with Crippen LogP contribution in [0.1, 0.15) is 27.2 Å². The highest BCUT2D eigenvalue weighted by Crippen LogP contribution is 2.18. The van der Waals surface area contributed by atoms with Crippen LogP contribution in [0, 0.1) is 0 Å². The molecule has 21 heavy (non-hydrogen) atoms. The fourth-order valence-electron chi connectivity index (χ4n) is 1.58. The van der Waals surface area contributed by atoms with Crippen molar-refractivity contribution in [2.24, 2.45) is 0 Å². The summed E-state index contributed by atoms with van der Waals surface area (Å²) in [5, 5.41) is 2.84. The number of anilines is 1. The van der Waals surface area contributed by atoms with Crippen molar-refractivity contribution in [3.8, 4) is 5.75 Å². The summed E-state index contributed by atoms with van der Waals surface area (Å²) in [6, 6.07) is 7.22. The number of ether oxygens (including phenoxy) is 3. The fourth-order valence-corrected chi connectivity index (χ4v) is 1.58. The lowest BCUT2D eigenvalue weighted by Crippen LogP contribution is -2.40. The average molecular weight is 295 g/mol. The van der Waals surface area contributed by atoms with E-state index in [1.165, 1.54) is 0 Å². The maximum atomic E-state index is 12.2. The van der Waals surface area contributed by atoms with Gasteiger partial charge in [-0.05, 0) is 44.5 Å². The van der Waals surface area contributed by atoms with Gasteiger partial charge >= 0.3 is 0 Å². The third-order valence-electron chi connectivity index (χ3n) is 2.88. The largest absolute Gasteiger partial charge is 0.491 e. The van der Waals surface area contributed by atoms with Gasteiger partial charge < -0.3 is 19.5 Å². The molecule has 1 amide bonds. The van der Waals surface area contributed by atoms with Crippen LogP contribution >= 0.6 is 0 Å². The molecule has 1 aromatic rings. The van der Waals surface area contributed by atoms with Crippen molar-refractivity contribution >= 4 is 11.6 Å². The third kappa shape index (κ3) is 6.14. The predicted octanol–water partition coefficient (Wildman–Crippen LogP) is 2.86. The molecule has 0 saturated heterocycles. The molecule has 5 nitrogen and oxygen atoms in total. The van der Waals surface area contributed by atoms with Crippen LogP contribution in [0.15, 0.2) is 24.3 Å². The second kappa shape index (κ2) is 8.64. The highest BCUT2D eigenvalue weighted by molar-refractivity contribution is 5.96. The SMILES string of the molecule is CCCOC(C)(C)C(=O)Nc1ccc(OCCOC)cc1. The maximum Gasteiger partial charge on any atom is 0.256 e. The summed E-state index contributed by atoms with van der Waals surface area (Å²) in [6.07, 6.45) is 0.879. The summed E-state index contributed by atoms with van der Waals surface area (Å²) >= 11 is 0. The van der Waals surface area contributed by atoms with Crippen molar-refractivity contribution in [2.45, 2.75) is 32.8 Å². The molecule has 0 heterocycles. The Morgan fingerprint density at radius 3 is 2.38 bits per heavy atom. The molecule has 0 fully saturated rings. The van der Waals surface area contributed by atoms with Gasteiger partial charge in [0.15, 0.2) is 0 Å². The number of amides is 1. The van der Waals surface area contributed by atoms with Gasteiger partial charge in [0.2, 0.25) is 0 Å². The van der Waals surface area contributed by atoms with Gasteiger partial charge in [0.1, 0.15) is 18.0 Å². The second-order valence-electron chi connectivity index (χ2n) is 5.18. The molecule has 0 bridgehead atoms. The molecule has 0 saturated carbocycles. The summed E-state index contributed by atoms with van der Waals surface area (Å²) in [5.74, 6) is 0.579. The molecule has 0 aromatic heterocycles. The number of hydrogen-bond acceptors (Lipinski definition) is 4. The lowest BCUT2D eigenvalue weighted by atomic mass is 10.1. The minimum Gasteiger partial charge on any atom is -0.491 e. The lowest BCUT2D eigenvalue weighted by Gasteiger charge is -2.24. The van der Waals surface area contributed by atoms with Crippen LogP contribution in [0.4, 0.5) is 5.69 Å². The lowest BCUT2D eigenvalue weighted by molar-refractivity contribution is -0.137. The first-order chi connectivity index (χ1) is 9.99. The normalized spacial score (nSPS) is 11.2. The molecule has 0 aliphatic heterocycles. The van der Waals surface area contributed by atoms with Gasteiger partial charge in [-0.15, -0.1) is 0 Å². The van der Waals surface area contributed by atoms with E-state index in [0.717, 1.165) is 12.2 Å². The monoisotopic (exact) mass is 295 g/mol. The molecule has 0 radical (unpaired) electrons. The van der Waals surface area contributed by atoms with Gasteiger partial charge in [0, 0.05) is 19.4 Å². The number of rotatable bonds is 9.